The van der Waals surface area contributed by atoms with Crippen molar-refractivity contribution in [2.45, 2.75) is 41.9 Å². The Morgan fingerprint density at radius 1 is 1.08 bits per heavy atom. The minimum absolute atomic E-state index is 0.000597. The molecule has 3 atom stereocenters. The Labute approximate surface area is 236 Å². The van der Waals surface area contributed by atoms with Crippen LogP contribution in [0.4, 0.5) is 5.95 Å². The average molecular weight is 585 g/mol. The molecule has 0 bridgehead atoms. The molecule has 0 saturated heterocycles. The fourth-order valence-corrected chi connectivity index (χ4v) is 7.40. The van der Waals surface area contributed by atoms with Gasteiger partial charge in [-0.1, -0.05) is 35.7 Å². The number of hydrogen-bond acceptors (Lipinski definition) is 7. The van der Waals surface area contributed by atoms with Crippen LogP contribution >= 0.6 is 34.5 Å². The fraction of sp³-hybridized carbons (Fsp3) is 0.222. The van der Waals surface area contributed by atoms with Crippen LogP contribution < -0.4 is 5.32 Å². The Balaban J connectivity index is 1.27. The predicted octanol–water partition coefficient (Wildman–Crippen LogP) is 7.06. The number of imidazole rings is 1. The summed E-state index contributed by atoms with van der Waals surface area (Å²) in [4.78, 5) is 15.8. The van der Waals surface area contributed by atoms with Gasteiger partial charge in [-0.3, -0.25) is 8.61 Å². The van der Waals surface area contributed by atoms with Crippen LogP contribution in [0.2, 0.25) is 10.0 Å². The van der Waals surface area contributed by atoms with Crippen LogP contribution in [-0.2, 0) is 10.8 Å². The van der Waals surface area contributed by atoms with Crippen molar-refractivity contribution in [1.29, 1.82) is 0 Å². The van der Waals surface area contributed by atoms with E-state index in [0.29, 0.717) is 22.4 Å². The first-order valence-electron chi connectivity index (χ1n) is 12.2. The zero-order valence-corrected chi connectivity index (χ0v) is 23.2. The molecule has 7 nitrogen and oxygen atoms in total. The number of rotatable bonds is 6. The Bertz CT molecular complexity index is 1640. The third-order valence-corrected chi connectivity index (χ3v) is 9.79. The predicted molar refractivity (Wildman–Crippen MR) is 154 cm³/mol. The van der Waals surface area contributed by atoms with Gasteiger partial charge in [0.15, 0.2) is 4.96 Å². The zero-order valence-electron chi connectivity index (χ0n) is 20.1. The van der Waals surface area contributed by atoms with E-state index in [0.717, 1.165) is 46.8 Å². The molecule has 2 aromatic carbocycles. The van der Waals surface area contributed by atoms with Crippen molar-refractivity contribution < 1.29 is 9.32 Å². The van der Waals surface area contributed by atoms with Crippen LogP contribution in [0.5, 0.6) is 5.75 Å². The number of hydrogen-bond donors (Lipinski definition) is 2. The molecule has 38 heavy (non-hydrogen) atoms. The molecule has 0 amide bonds. The van der Waals surface area contributed by atoms with Crippen LogP contribution in [-0.4, -0.2) is 40.0 Å². The first-order chi connectivity index (χ1) is 18.5. The number of nitrogens with one attached hydrogen (secondary N) is 1. The molecule has 2 N–H and O–H groups in total. The number of phenolic OH excluding ortho intramolecular Hbond substituents is 1. The summed E-state index contributed by atoms with van der Waals surface area (Å²) < 4.78 is 15.2. The van der Waals surface area contributed by atoms with Crippen LogP contribution in [0.15, 0.2) is 71.2 Å². The van der Waals surface area contributed by atoms with E-state index in [4.69, 9.17) is 33.2 Å². The van der Waals surface area contributed by atoms with Gasteiger partial charge in [-0.15, -0.1) is 11.3 Å². The van der Waals surface area contributed by atoms with Crippen molar-refractivity contribution in [1.82, 2.24) is 19.4 Å². The summed E-state index contributed by atoms with van der Waals surface area (Å²) in [6.07, 6.45) is 7.29. The third-order valence-electron chi connectivity index (χ3n) is 6.69. The summed E-state index contributed by atoms with van der Waals surface area (Å²) in [5, 5.41) is 16.6. The second-order valence-electron chi connectivity index (χ2n) is 9.18. The van der Waals surface area contributed by atoms with E-state index in [1.165, 1.54) is 11.3 Å². The maximum atomic E-state index is 13.2. The van der Waals surface area contributed by atoms with E-state index in [1.807, 2.05) is 40.2 Å². The highest BCUT2D eigenvalue weighted by molar-refractivity contribution is 7.85. The topological polar surface area (TPSA) is 92.4 Å². The molecule has 6 rings (SSSR count). The highest BCUT2D eigenvalue weighted by atomic mass is 35.5. The molecule has 1 aliphatic rings. The molecule has 1 fully saturated rings. The number of fused-ring (bicyclic) bond motifs is 1. The number of aromatic hydroxyl groups is 1. The lowest BCUT2D eigenvalue weighted by atomic mass is 9.95. The number of phenols is 1. The Morgan fingerprint density at radius 3 is 2.74 bits per heavy atom. The van der Waals surface area contributed by atoms with Crippen molar-refractivity contribution in [3.63, 3.8) is 0 Å². The third kappa shape index (κ3) is 5.03. The molecule has 1 saturated carbocycles. The Morgan fingerprint density at radius 2 is 1.92 bits per heavy atom. The number of nitrogens with zero attached hydrogens (tertiary/aromatic N) is 4. The lowest BCUT2D eigenvalue weighted by molar-refractivity contribution is 0.463. The van der Waals surface area contributed by atoms with Crippen LogP contribution in [0.1, 0.15) is 25.7 Å². The number of benzene rings is 2. The fourth-order valence-electron chi connectivity index (χ4n) is 4.87. The van der Waals surface area contributed by atoms with Gasteiger partial charge in [0.1, 0.15) is 11.4 Å². The first kappa shape index (κ1) is 25.3. The Hall–Kier alpha value is -2.98. The average Bonchev–Trinajstić information content (AvgIpc) is 3.52. The molecule has 3 aromatic heterocycles. The SMILES string of the molecule is O=S(c1ccc(Cl)cc1)C1CCC[C@@H](Nc2nccc(-c3c(-c4ccc(Cl)c(O)c4)nc4sccn34)n2)C1. The highest BCUT2D eigenvalue weighted by Crippen LogP contribution is 2.37. The molecular weight excluding hydrogens is 561 g/mol. The van der Waals surface area contributed by atoms with Crippen LogP contribution in [0.25, 0.3) is 27.6 Å². The van der Waals surface area contributed by atoms with Crippen molar-refractivity contribution in [2.24, 2.45) is 0 Å². The quantitative estimate of drug-likeness (QED) is 0.222. The first-order valence-corrected chi connectivity index (χ1v) is 15.0. The molecule has 0 radical (unpaired) electrons. The molecule has 194 valence electrons. The van der Waals surface area contributed by atoms with Crippen molar-refractivity contribution in [2.75, 3.05) is 5.32 Å². The van der Waals surface area contributed by atoms with E-state index in [1.54, 1.807) is 30.5 Å². The van der Waals surface area contributed by atoms with E-state index >= 15 is 0 Å². The number of halogens is 2. The van der Waals surface area contributed by atoms with Crippen molar-refractivity contribution in [3.8, 4) is 28.4 Å². The van der Waals surface area contributed by atoms with E-state index < -0.39 is 10.8 Å². The van der Waals surface area contributed by atoms with Crippen LogP contribution in [0.3, 0.4) is 0 Å². The van der Waals surface area contributed by atoms with Gasteiger partial charge < -0.3 is 10.4 Å². The van der Waals surface area contributed by atoms with E-state index in [-0.39, 0.29) is 22.1 Å². The normalized spacial score (nSPS) is 18.5. The minimum atomic E-state index is -1.10. The standard InChI is InChI=1S/C27H23Cl2N5O2S2/c28-17-5-7-19(8-6-17)38(36)20-3-1-2-18(15-20)31-26-30-11-10-22(32-26)25-24(33-27-34(25)12-13-37-27)16-4-9-21(29)23(35)14-16/h4-14,18,20,35H,1-3,15H2,(H,30,31,32)/t18-,20?,38?/m1/s1. The molecule has 11 heteroatoms. The smallest absolute Gasteiger partial charge is 0.223 e. The second kappa shape index (κ2) is 10.6. The van der Waals surface area contributed by atoms with E-state index in [2.05, 4.69) is 10.3 Å². The largest absolute Gasteiger partial charge is 0.506 e. The summed E-state index contributed by atoms with van der Waals surface area (Å²) in [5.41, 5.74) is 2.95. The van der Waals surface area contributed by atoms with Gasteiger partial charge in [-0.2, -0.15) is 0 Å². The minimum Gasteiger partial charge on any atom is -0.506 e. The lowest BCUT2D eigenvalue weighted by Gasteiger charge is -2.29. The number of anilines is 1. The summed E-state index contributed by atoms with van der Waals surface area (Å²) in [5.74, 6) is 0.514. The number of aromatic nitrogens is 4. The highest BCUT2D eigenvalue weighted by Gasteiger charge is 2.28. The monoisotopic (exact) mass is 583 g/mol. The van der Waals surface area contributed by atoms with Crippen molar-refractivity contribution >= 4 is 56.2 Å². The Kier molecular flexibility index (Phi) is 7.09. The van der Waals surface area contributed by atoms with Gasteiger partial charge in [0, 0.05) is 44.5 Å². The van der Waals surface area contributed by atoms with Gasteiger partial charge in [0.05, 0.1) is 27.2 Å². The maximum Gasteiger partial charge on any atom is 0.223 e. The van der Waals surface area contributed by atoms with Gasteiger partial charge >= 0.3 is 0 Å². The summed E-state index contributed by atoms with van der Waals surface area (Å²) in [6, 6.07) is 14.3. The zero-order chi connectivity index (χ0) is 26.2. The molecule has 3 heterocycles. The van der Waals surface area contributed by atoms with Crippen LogP contribution in [0, 0.1) is 0 Å². The lowest BCUT2D eigenvalue weighted by Crippen LogP contribution is -2.33. The summed E-state index contributed by atoms with van der Waals surface area (Å²) >= 11 is 13.6. The number of thiazole rings is 1. The molecular formula is C27H23Cl2N5O2S2. The summed E-state index contributed by atoms with van der Waals surface area (Å²) in [6.45, 7) is 0. The molecule has 1 aliphatic carbocycles. The molecule has 0 spiro atoms. The maximum absolute atomic E-state index is 13.2. The van der Waals surface area contributed by atoms with E-state index in [9.17, 15) is 9.32 Å². The molecule has 5 aromatic rings. The van der Waals surface area contributed by atoms with Crippen molar-refractivity contribution in [3.05, 3.63) is 76.3 Å². The van der Waals surface area contributed by atoms with Gasteiger partial charge in [-0.25, -0.2) is 15.0 Å². The van der Waals surface area contributed by atoms with Gasteiger partial charge in [-0.05, 0) is 61.7 Å². The van der Waals surface area contributed by atoms with Gasteiger partial charge in [0.25, 0.3) is 0 Å². The molecule has 0 aliphatic heterocycles. The summed E-state index contributed by atoms with van der Waals surface area (Å²) in [7, 11) is -1.10. The molecule has 2 unspecified atom stereocenters. The van der Waals surface area contributed by atoms with Gasteiger partial charge in [0.2, 0.25) is 5.95 Å². The second-order valence-corrected chi connectivity index (χ2v) is 12.6.